The minimum absolute atomic E-state index is 0.0396. The van der Waals surface area contributed by atoms with Gasteiger partial charge >= 0.3 is 5.97 Å². The van der Waals surface area contributed by atoms with Crippen LogP contribution in [0.25, 0.3) is 6.08 Å². The van der Waals surface area contributed by atoms with Gasteiger partial charge in [-0.05, 0) is 55.1 Å². The molecule has 0 unspecified atom stereocenters. The number of benzene rings is 1. The first-order valence-corrected chi connectivity index (χ1v) is 8.81. The van der Waals surface area contributed by atoms with Crippen LogP contribution >= 0.6 is 23.6 Å². The van der Waals surface area contributed by atoms with E-state index in [0.29, 0.717) is 34.2 Å². The second kappa shape index (κ2) is 9.24. The minimum atomic E-state index is -0.864. The van der Waals surface area contributed by atoms with E-state index < -0.39 is 5.97 Å². The fraction of sp³-hybridized carbons (Fsp3) is 0.294. The van der Waals surface area contributed by atoms with Gasteiger partial charge in [-0.15, -0.1) is 11.3 Å². The highest BCUT2D eigenvalue weighted by Crippen LogP contribution is 2.27. The van der Waals surface area contributed by atoms with Crippen molar-refractivity contribution in [1.29, 1.82) is 0 Å². The Labute approximate surface area is 154 Å². The molecule has 1 heterocycles. The Kier molecular flexibility index (Phi) is 7.03. The molecule has 134 valence electrons. The third-order valence-electron chi connectivity index (χ3n) is 3.34. The van der Waals surface area contributed by atoms with E-state index in [1.54, 1.807) is 23.8 Å². The van der Waals surface area contributed by atoms with Crippen molar-refractivity contribution in [2.75, 3.05) is 13.7 Å². The largest absolute Gasteiger partial charge is 0.497 e. The van der Waals surface area contributed by atoms with Crippen LogP contribution in [0.4, 0.5) is 0 Å². The van der Waals surface area contributed by atoms with Gasteiger partial charge < -0.3 is 19.7 Å². The van der Waals surface area contributed by atoms with Gasteiger partial charge in [0, 0.05) is 13.0 Å². The fourth-order valence-electron chi connectivity index (χ4n) is 2.08. The zero-order valence-corrected chi connectivity index (χ0v) is 15.3. The predicted molar refractivity (Wildman–Crippen MR) is 99.2 cm³/mol. The van der Waals surface area contributed by atoms with Crippen molar-refractivity contribution in [1.82, 2.24) is 4.57 Å². The first-order valence-electron chi connectivity index (χ1n) is 7.59. The molecule has 0 aliphatic carbocycles. The molecule has 0 fully saturated rings. The quantitative estimate of drug-likeness (QED) is 0.640. The number of carbonyl (C=O) groups is 1. The Bertz CT molecular complexity index is 792. The topological polar surface area (TPSA) is 80.9 Å². The van der Waals surface area contributed by atoms with Gasteiger partial charge in [0.2, 0.25) is 5.88 Å². The number of carboxylic acids is 1. The van der Waals surface area contributed by atoms with Gasteiger partial charge in [0.1, 0.15) is 18.1 Å². The molecule has 0 saturated carbocycles. The van der Waals surface area contributed by atoms with Crippen molar-refractivity contribution in [3.05, 3.63) is 39.2 Å². The molecule has 6 nitrogen and oxygen atoms in total. The Morgan fingerprint density at radius 2 is 2.00 bits per heavy atom. The first kappa shape index (κ1) is 19.0. The van der Waals surface area contributed by atoms with Crippen LogP contribution in [0.3, 0.4) is 0 Å². The summed E-state index contributed by atoms with van der Waals surface area (Å²) in [4.78, 5) is 11.2. The number of ether oxygens (including phenoxy) is 2. The van der Waals surface area contributed by atoms with Crippen molar-refractivity contribution in [3.8, 4) is 17.4 Å². The lowest BCUT2D eigenvalue weighted by Gasteiger charge is -2.04. The van der Waals surface area contributed by atoms with Crippen LogP contribution < -0.4 is 9.47 Å². The van der Waals surface area contributed by atoms with Crippen LogP contribution in [-0.4, -0.2) is 34.5 Å². The van der Waals surface area contributed by atoms with E-state index in [2.05, 4.69) is 0 Å². The lowest BCUT2D eigenvalue weighted by Crippen LogP contribution is -2.01. The molecule has 0 radical (unpaired) electrons. The van der Waals surface area contributed by atoms with Gasteiger partial charge in [-0.25, -0.2) is 0 Å². The lowest BCUT2D eigenvalue weighted by molar-refractivity contribution is -0.137. The fourth-order valence-corrected chi connectivity index (χ4v) is 3.37. The van der Waals surface area contributed by atoms with E-state index in [1.807, 2.05) is 24.3 Å². The van der Waals surface area contributed by atoms with Crippen molar-refractivity contribution >= 4 is 35.6 Å². The van der Waals surface area contributed by atoms with Crippen molar-refractivity contribution in [2.24, 2.45) is 0 Å². The lowest BCUT2D eigenvalue weighted by atomic mass is 10.3. The van der Waals surface area contributed by atoms with Crippen LogP contribution in [0.1, 0.15) is 17.7 Å². The molecule has 2 N–H and O–H groups in total. The van der Waals surface area contributed by atoms with Crippen LogP contribution in [-0.2, 0) is 11.3 Å². The highest BCUT2D eigenvalue weighted by atomic mass is 32.1. The molecule has 2 aromatic rings. The average Bonchev–Trinajstić information content (AvgIpc) is 2.86. The molecule has 0 saturated heterocycles. The molecule has 1 aromatic carbocycles. The normalized spacial score (nSPS) is 10.9. The molecule has 0 aliphatic rings. The zero-order chi connectivity index (χ0) is 18.2. The number of nitrogens with zero attached hydrogens (tertiary/aromatic N) is 1. The molecular formula is C17H19NO5S2. The Morgan fingerprint density at radius 3 is 2.64 bits per heavy atom. The number of aromatic nitrogens is 1. The number of thiazole rings is 1. The second-order valence-electron chi connectivity index (χ2n) is 5.09. The Balaban J connectivity index is 1.91. The smallest absolute Gasteiger partial charge is 0.303 e. The number of methoxy groups -OCH3 is 1. The van der Waals surface area contributed by atoms with Gasteiger partial charge in [0.05, 0.1) is 12.0 Å². The molecular weight excluding hydrogens is 362 g/mol. The molecule has 0 spiro atoms. The summed E-state index contributed by atoms with van der Waals surface area (Å²) in [6.45, 7) is 0.721. The van der Waals surface area contributed by atoms with Gasteiger partial charge in [0.15, 0.2) is 3.95 Å². The van der Waals surface area contributed by atoms with E-state index in [1.165, 1.54) is 11.3 Å². The van der Waals surface area contributed by atoms with E-state index >= 15 is 0 Å². The summed E-state index contributed by atoms with van der Waals surface area (Å²) in [6.07, 6.45) is 3.98. The highest BCUT2D eigenvalue weighted by Gasteiger charge is 2.09. The average molecular weight is 381 g/mol. The molecule has 0 atom stereocenters. The number of hydrogen-bond donors (Lipinski definition) is 2. The maximum atomic E-state index is 10.6. The molecule has 0 bridgehead atoms. The first-order chi connectivity index (χ1) is 12.0. The monoisotopic (exact) mass is 381 g/mol. The number of aliphatic carboxylic acids is 1. The summed E-state index contributed by atoms with van der Waals surface area (Å²) in [6, 6.07) is 7.25. The van der Waals surface area contributed by atoms with Crippen LogP contribution in [0.2, 0.25) is 0 Å². The van der Waals surface area contributed by atoms with Crippen molar-refractivity contribution in [2.45, 2.75) is 19.4 Å². The van der Waals surface area contributed by atoms with Gasteiger partial charge in [0.25, 0.3) is 0 Å². The highest BCUT2D eigenvalue weighted by molar-refractivity contribution is 7.73. The SMILES string of the molecule is COc1ccc(OCC=Cc2sc(=S)n(CCCC(=O)O)c2O)cc1. The Hall–Kier alpha value is -2.32. The van der Waals surface area contributed by atoms with Crippen LogP contribution in [0.5, 0.6) is 17.4 Å². The number of aromatic hydroxyl groups is 1. The van der Waals surface area contributed by atoms with Gasteiger partial charge in [-0.2, -0.15) is 0 Å². The van der Waals surface area contributed by atoms with Crippen molar-refractivity contribution in [3.63, 3.8) is 0 Å². The molecule has 25 heavy (non-hydrogen) atoms. The summed E-state index contributed by atoms with van der Waals surface area (Å²) in [7, 11) is 1.60. The summed E-state index contributed by atoms with van der Waals surface area (Å²) in [5.74, 6) is 0.670. The molecule has 0 amide bonds. The third kappa shape index (κ3) is 5.61. The third-order valence-corrected chi connectivity index (χ3v) is 4.74. The Morgan fingerprint density at radius 1 is 1.32 bits per heavy atom. The van der Waals surface area contributed by atoms with Crippen LogP contribution in [0, 0.1) is 3.95 Å². The van der Waals surface area contributed by atoms with E-state index in [-0.39, 0.29) is 12.3 Å². The molecule has 2 rings (SSSR count). The predicted octanol–water partition coefficient (Wildman–Crippen LogP) is 3.95. The van der Waals surface area contributed by atoms with Gasteiger partial charge in [-0.1, -0.05) is 0 Å². The van der Waals surface area contributed by atoms with Crippen molar-refractivity contribution < 1.29 is 24.5 Å². The zero-order valence-electron chi connectivity index (χ0n) is 13.7. The maximum Gasteiger partial charge on any atom is 0.303 e. The number of carboxylic acid groups (broad SMARTS) is 1. The summed E-state index contributed by atoms with van der Waals surface area (Å²) in [5, 5.41) is 18.9. The van der Waals surface area contributed by atoms with E-state index in [0.717, 1.165) is 5.75 Å². The maximum absolute atomic E-state index is 10.6. The van der Waals surface area contributed by atoms with E-state index in [9.17, 15) is 9.90 Å². The van der Waals surface area contributed by atoms with E-state index in [4.69, 9.17) is 26.8 Å². The second-order valence-corrected chi connectivity index (χ2v) is 6.77. The summed E-state index contributed by atoms with van der Waals surface area (Å²) >= 11 is 6.49. The van der Waals surface area contributed by atoms with Crippen LogP contribution in [0.15, 0.2) is 30.3 Å². The standard InChI is InChI=1S/C17H19NO5S2/c1-22-12-6-8-13(9-7-12)23-11-3-4-14-16(21)18(17(24)25-14)10-2-5-15(19)20/h3-4,6-9,21H,2,5,10-11H2,1H3,(H,19,20). The summed E-state index contributed by atoms with van der Waals surface area (Å²) < 4.78 is 12.7. The number of rotatable bonds is 9. The minimum Gasteiger partial charge on any atom is -0.497 e. The number of hydrogen-bond acceptors (Lipinski definition) is 6. The molecule has 1 aromatic heterocycles. The van der Waals surface area contributed by atoms with Gasteiger partial charge in [-0.3, -0.25) is 9.36 Å². The summed E-state index contributed by atoms with van der Waals surface area (Å²) in [5.41, 5.74) is 0. The molecule has 8 heteroatoms. The molecule has 0 aliphatic heterocycles.